The lowest BCUT2D eigenvalue weighted by molar-refractivity contribution is 0.602. The Bertz CT molecular complexity index is 853. The molecule has 0 radical (unpaired) electrons. The van der Waals surface area contributed by atoms with Gasteiger partial charge in [-0.05, 0) is 29.3 Å². The van der Waals surface area contributed by atoms with E-state index in [0.717, 1.165) is 0 Å². The van der Waals surface area contributed by atoms with Crippen LogP contribution in [0.15, 0.2) is 53.4 Å². The molecule has 0 heterocycles. The third kappa shape index (κ3) is 4.11. The van der Waals surface area contributed by atoms with E-state index in [0.29, 0.717) is 16.1 Å². The molecule has 2 aromatic rings. The number of halogens is 2. The summed E-state index contributed by atoms with van der Waals surface area (Å²) >= 11 is 11.8. The first-order valence-electron chi connectivity index (χ1n) is 6.26. The van der Waals surface area contributed by atoms with Crippen LogP contribution in [-0.2, 0) is 15.6 Å². The maximum Gasteiger partial charge on any atom is 0.192 e. The molecule has 0 aliphatic rings. The first-order chi connectivity index (χ1) is 10.4. The maximum atomic E-state index is 12.4. The third-order valence-electron chi connectivity index (χ3n) is 2.90. The molecule has 0 bridgehead atoms. The quantitative estimate of drug-likeness (QED) is 0.763. The highest BCUT2D eigenvalue weighted by Crippen LogP contribution is 2.25. The molecule has 0 atom stereocenters. The second-order valence-electron chi connectivity index (χ2n) is 4.53. The third-order valence-corrected chi connectivity index (χ3v) is 5.06. The number of sulfone groups is 1. The van der Waals surface area contributed by atoms with E-state index < -0.39 is 9.84 Å². The zero-order chi connectivity index (χ0) is 16.2. The lowest BCUT2D eigenvalue weighted by atomic mass is 10.2. The average Bonchev–Trinajstić information content (AvgIpc) is 2.48. The molecule has 0 unspecified atom stereocenters. The Morgan fingerprint density at radius 2 is 1.82 bits per heavy atom. The van der Waals surface area contributed by atoms with Gasteiger partial charge in [0.15, 0.2) is 9.84 Å². The van der Waals surface area contributed by atoms with E-state index in [4.69, 9.17) is 28.5 Å². The van der Waals surface area contributed by atoms with Crippen molar-refractivity contribution in [2.75, 3.05) is 0 Å². The molecule has 2 aromatic carbocycles. The van der Waals surface area contributed by atoms with Crippen LogP contribution in [0.5, 0.6) is 0 Å². The molecule has 0 amide bonds. The van der Waals surface area contributed by atoms with Gasteiger partial charge in [0.1, 0.15) is 11.0 Å². The molecule has 3 nitrogen and oxygen atoms in total. The summed E-state index contributed by atoms with van der Waals surface area (Å²) in [4.78, 5) is -0.301. The predicted molar refractivity (Wildman–Crippen MR) is 89.1 cm³/mol. The second-order valence-corrected chi connectivity index (χ2v) is 7.33. The van der Waals surface area contributed by atoms with E-state index in [9.17, 15) is 8.42 Å². The Balaban J connectivity index is 2.36. The van der Waals surface area contributed by atoms with Crippen molar-refractivity contribution >= 4 is 39.1 Å². The van der Waals surface area contributed by atoms with E-state index >= 15 is 0 Å². The smallest absolute Gasteiger partial charge is 0.192 e. The SMILES string of the molecule is N#C/C(=C\c1ccccc1)S(=O)(=O)Cc1ccc(Cl)cc1Cl. The summed E-state index contributed by atoms with van der Waals surface area (Å²) < 4.78 is 24.8. The zero-order valence-electron chi connectivity index (χ0n) is 11.3. The number of benzene rings is 2. The van der Waals surface area contributed by atoms with Gasteiger partial charge in [-0.15, -0.1) is 0 Å². The molecular formula is C16H11Cl2NO2S. The minimum atomic E-state index is -3.79. The van der Waals surface area contributed by atoms with E-state index in [1.54, 1.807) is 42.5 Å². The number of hydrogen-bond acceptors (Lipinski definition) is 3. The van der Waals surface area contributed by atoms with Gasteiger partial charge in [-0.25, -0.2) is 8.42 Å². The fraction of sp³-hybridized carbons (Fsp3) is 0.0625. The Hall–Kier alpha value is -1.80. The average molecular weight is 352 g/mol. The van der Waals surface area contributed by atoms with Crippen molar-refractivity contribution in [2.45, 2.75) is 5.75 Å². The van der Waals surface area contributed by atoms with Crippen molar-refractivity contribution in [2.24, 2.45) is 0 Å². The highest BCUT2D eigenvalue weighted by atomic mass is 35.5. The Morgan fingerprint density at radius 1 is 1.14 bits per heavy atom. The molecule has 0 aliphatic heterocycles. The molecule has 0 saturated heterocycles. The Kier molecular flexibility index (Phi) is 5.25. The largest absolute Gasteiger partial charge is 0.223 e. The molecule has 6 heteroatoms. The van der Waals surface area contributed by atoms with Gasteiger partial charge in [0, 0.05) is 10.0 Å². The minimum Gasteiger partial charge on any atom is -0.223 e. The topological polar surface area (TPSA) is 57.9 Å². The van der Waals surface area contributed by atoms with Crippen LogP contribution in [0.4, 0.5) is 0 Å². The lowest BCUT2D eigenvalue weighted by Gasteiger charge is -2.06. The molecule has 0 spiro atoms. The highest BCUT2D eigenvalue weighted by molar-refractivity contribution is 7.95. The van der Waals surface area contributed by atoms with Gasteiger partial charge in [0.2, 0.25) is 0 Å². The summed E-state index contributed by atoms with van der Waals surface area (Å²) in [5.41, 5.74) is 1.05. The molecule has 0 saturated carbocycles. The molecule has 112 valence electrons. The van der Waals surface area contributed by atoms with Crippen LogP contribution >= 0.6 is 23.2 Å². The van der Waals surface area contributed by atoms with Gasteiger partial charge in [0.25, 0.3) is 0 Å². The van der Waals surface area contributed by atoms with E-state index in [1.165, 1.54) is 12.1 Å². The van der Waals surface area contributed by atoms with E-state index in [1.807, 2.05) is 6.07 Å². The summed E-state index contributed by atoms with van der Waals surface area (Å²) in [6.45, 7) is 0. The van der Waals surface area contributed by atoms with Crippen molar-refractivity contribution < 1.29 is 8.42 Å². The van der Waals surface area contributed by atoms with Crippen LogP contribution in [-0.4, -0.2) is 8.42 Å². The van der Waals surface area contributed by atoms with Gasteiger partial charge < -0.3 is 0 Å². The molecule has 0 aromatic heterocycles. The highest BCUT2D eigenvalue weighted by Gasteiger charge is 2.20. The molecule has 0 N–H and O–H groups in total. The predicted octanol–water partition coefficient (Wildman–Crippen LogP) is 4.47. The molecule has 22 heavy (non-hydrogen) atoms. The number of hydrogen-bond donors (Lipinski definition) is 0. The van der Waals surface area contributed by atoms with Crippen LogP contribution in [0.25, 0.3) is 6.08 Å². The van der Waals surface area contributed by atoms with Crippen molar-refractivity contribution in [1.82, 2.24) is 0 Å². The van der Waals surface area contributed by atoms with Gasteiger partial charge >= 0.3 is 0 Å². The summed E-state index contributed by atoms with van der Waals surface area (Å²) in [6, 6.07) is 15.1. The summed E-state index contributed by atoms with van der Waals surface area (Å²) in [5, 5.41) is 9.84. The van der Waals surface area contributed by atoms with Crippen LogP contribution in [0.3, 0.4) is 0 Å². The summed E-state index contributed by atoms with van der Waals surface area (Å²) in [6.07, 6.45) is 1.35. The fourth-order valence-corrected chi connectivity index (χ4v) is 3.64. The zero-order valence-corrected chi connectivity index (χ0v) is 13.7. The Morgan fingerprint density at radius 3 is 2.41 bits per heavy atom. The van der Waals surface area contributed by atoms with Gasteiger partial charge in [-0.2, -0.15) is 5.26 Å². The first kappa shape index (κ1) is 16.6. The van der Waals surface area contributed by atoms with Crippen LogP contribution < -0.4 is 0 Å². The van der Waals surface area contributed by atoms with Crippen molar-refractivity contribution in [3.63, 3.8) is 0 Å². The molecule has 0 fully saturated rings. The standard InChI is InChI=1S/C16H11Cl2NO2S/c17-14-7-6-13(16(18)9-14)11-22(20,21)15(10-19)8-12-4-2-1-3-5-12/h1-9H,11H2/b15-8+. The summed E-state index contributed by atoms with van der Waals surface area (Å²) in [5.74, 6) is -0.352. The summed E-state index contributed by atoms with van der Waals surface area (Å²) in [7, 11) is -3.79. The minimum absolute atomic E-state index is 0.257. The number of allylic oxidation sites excluding steroid dienone is 1. The second kappa shape index (κ2) is 6.97. The van der Waals surface area contributed by atoms with Crippen molar-refractivity contribution in [3.8, 4) is 6.07 Å². The van der Waals surface area contributed by atoms with Crippen LogP contribution in [0, 0.1) is 11.3 Å². The van der Waals surface area contributed by atoms with E-state index in [-0.39, 0.29) is 15.7 Å². The van der Waals surface area contributed by atoms with Crippen molar-refractivity contribution in [3.05, 3.63) is 74.6 Å². The van der Waals surface area contributed by atoms with Gasteiger partial charge in [0.05, 0.1) is 5.75 Å². The molecule has 0 aliphatic carbocycles. The lowest BCUT2D eigenvalue weighted by Crippen LogP contribution is -2.07. The van der Waals surface area contributed by atoms with Crippen LogP contribution in [0.1, 0.15) is 11.1 Å². The molecule has 2 rings (SSSR count). The molecular weight excluding hydrogens is 341 g/mol. The maximum absolute atomic E-state index is 12.4. The van der Waals surface area contributed by atoms with E-state index in [2.05, 4.69) is 0 Å². The normalized spacial score (nSPS) is 12.0. The monoisotopic (exact) mass is 351 g/mol. The van der Waals surface area contributed by atoms with Crippen molar-refractivity contribution in [1.29, 1.82) is 5.26 Å². The fourth-order valence-electron chi connectivity index (χ4n) is 1.81. The Labute approximate surface area is 139 Å². The number of rotatable bonds is 4. The van der Waals surface area contributed by atoms with Crippen LogP contribution in [0.2, 0.25) is 10.0 Å². The van der Waals surface area contributed by atoms with Gasteiger partial charge in [-0.3, -0.25) is 0 Å². The van der Waals surface area contributed by atoms with Gasteiger partial charge in [-0.1, -0.05) is 59.6 Å². The number of nitriles is 1. The number of nitrogens with zero attached hydrogens (tertiary/aromatic N) is 1. The first-order valence-corrected chi connectivity index (χ1v) is 8.67.